The number of hydrazone groups is 1. The summed E-state index contributed by atoms with van der Waals surface area (Å²) in [5.74, 6) is -0.322. The molecule has 23 heavy (non-hydrogen) atoms. The smallest absolute Gasteiger partial charge is 0.259 e. The molecule has 0 radical (unpaired) electrons. The maximum Gasteiger partial charge on any atom is 0.259 e. The maximum atomic E-state index is 11.7. The molecule has 0 spiro atoms. The predicted molar refractivity (Wildman–Crippen MR) is 97.2 cm³/mol. The van der Waals surface area contributed by atoms with Crippen molar-refractivity contribution in [3.05, 3.63) is 62.1 Å². The van der Waals surface area contributed by atoms with Crippen molar-refractivity contribution < 1.29 is 4.79 Å². The third kappa shape index (κ3) is 5.59. The molecule has 8 heteroatoms. The molecule has 2 rings (SSSR count). The lowest BCUT2D eigenvalue weighted by molar-refractivity contribution is -0.119. The molecule has 0 saturated carbocycles. The Morgan fingerprint density at radius 1 is 1.00 bits per heavy atom. The Balaban J connectivity index is 1.85. The van der Waals surface area contributed by atoms with Crippen molar-refractivity contribution >= 4 is 64.2 Å². The summed E-state index contributed by atoms with van der Waals surface area (Å²) in [5.41, 5.74) is 3.71. The third-order valence-electron chi connectivity index (χ3n) is 2.73. The van der Waals surface area contributed by atoms with E-state index in [9.17, 15) is 4.79 Å². The van der Waals surface area contributed by atoms with Crippen LogP contribution in [-0.2, 0) is 4.79 Å². The summed E-state index contributed by atoms with van der Waals surface area (Å²) in [7, 11) is 0. The van der Waals surface area contributed by atoms with Crippen molar-refractivity contribution in [2.75, 3.05) is 11.9 Å². The molecule has 0 atom stereocenters. The summed E-state index contributed by atoms with van der Waals surface area (Å²) in [5, 5.41) is 8.58. The van der Waals surface area contributed by atoms with Crippen LogP contribution < -0.4 is 10.7 Å². The fourth-order valence-corrected chi connectivity index (χ4v) is 2.36. The molecule has 2 aromatic carbocycles. The van der Waals surface area contributed by atoms with Crippen LogP contribution in [0.4, 0.5) is 5.69 Å². The molecule has 1 amide bonds. The van der Waals surface area contributed by atoms with Crippen LogP contribution in [0.1, 0.15) is 5.56 Å². The molecule has 0 aliphatic heterocycles. The van der Waals surface area contributed by atoms with Gasteiger partial charge in [0.1, 0.15) is 0 Å². The number of halogens is 4. The number of hydrogen-bond donors (Lipinski definition) is 2. The largest absolute Gasteiger partial charge is 0.376 e. The zero-order valence-electron chi connectivity index (χ0n) is 11.6. The van der Waals surface area contributed by atoms with Gasteiger partial charge in [0.05, 0.1) is 27.8 Å². The van der Waals surface area contributed by atoms with Crippen LogP contribution in [-0.4, -0.2) is 18.7 Å². The van der Waals surface area contributed by atoms with Crippen LogP contribution in [0.2, 0.25) is 20.1 Å². The Morgan fingerprint density at radius 2 is 1.78 bits per heavy atom. The molecule has 0 bridgehead atoms. The van der Waals surface area contributed by atoms with E-state index in [1.807, 2.05) is 0 Å². The number of carbonyl (C=O) groups excluding carboxylic acids is 1. The topological polar surface area (TPSA) is 53.5 Å². The van der Waals surface area contributed by atoms with Crippen molar-refractivity contribution in [3.63, 3.8) is 0 Å². The highest BCUT2D eigenvalue weighted by Crippen LogP contribution is 2.24. The van der Waals surface area contributed by atoms with Crippen LogP contribution in [0.3, 0.4) is 0 Å². The van der Waals surface area contributed by atoms with Gasteiger partial charge in [-0.15, -0.1) is 0 Å². The Labute approximate surface area is 153 Å². The lowest BCUT2D eigenvalue weighted by Gasteiger charge is -2.06. The van der Waals surface area contributed by atoms with Crippen LogP contribution in [0.5, 0.6) is 0 Å². The van der Waals surface area contributed by atoms with Gasteiger partial charge in [-0.3, -0.25) is 4.79 Å². The average molecular weight is 391 g/mol. The van der Waals surface area contributed by atoms with Crippen molar-refractivity contribution in [3.8, 4) is 0 Å². The van der Waals surface area contributed by atoms with E-state index in [0.717, 1.165) is 0 Å². The SMILES string of the molecule is O=C(CNc1ccc(Cl)c(Cl)c1)N/N=C/c1ccc(Cl)cc1Cl. The van der Waals surface area contributed by atoms with Crippen molar-refractivity contribution in [1.29, 1.82) is 0 Å². The highest BCUT2D eigenvalue weighted by Gasteiger charge is 2.03. The Hall–Kier alpha value is -1.46. The van der Waals surface area contributed by atoms with E-state index in [1.54, 1.807) is 36.4 Å². The quantitative estimate of drug-likeness (QED) is 0.565. The average Bonchev–Trinajstić information content (AvgIpc) is 2.50. The first-order valence-electron chi connectivity index (χ1n) is 6.41. The number of carbonyl (C=O) groups is 1. The summed E-state index contributed by atoms with van der Waals surface area (Å²) < 4.78 is 0. The number of anilines is 1. The van der Waals surface area contributed by atoms with Crippen LogP contribution >= 0.6 is 46.4 Å². The van der Waals surface area contributed by atoms with E-state index < -0.39 is 0 Å². The molecule has 0 heterocycles. The van der Waals surface area contributed by atoms with Crippen molar-refractivity contribution in [1.82, 2.24) is 5.43 Å². The fraction of sp³-hybridized carbons (Fsp3) is 0.0667. The van der Waals surface area contributed by atoms with Crippen LogP contribution in [0.25, 0.3) is 0 Å². The van der Waals surface area contributed by atoms with E-state index in [1.165, 1.54) is 6.21 Å². The lowest BCUT2D eigenvalue weighted by Crippen LogP contribution is -2.25. The van der Waals surface area contributed by atoms with Crippen LogP contribution in [0.15, 0.2) is 41.5 Å². The first kappa shape index (κ1) is 17.9. The Morgan fingerprint density at radius 3 is 2.48 bits per heavy atom. The Bertz CT molecular complexity index is 749. The van der Waals surface area contributed by atoms with Gasteiger partial charge in [0.2, 0.25) is 0 Å². The molecule has 0 aliphatic rings. The fourth-order valence-electron chi connectivity index (χ4n) is 1.61. The lowest BCUT2D eigenvalue weighted by atomic mass is 10.2. The molecule has 0 fully saturated rings. The van der Waals surface area contributed by atoms with Gasteiger partial charge in [-0.05, 0) is 30.3 Å². The van der Waals surface area contributed by atoms with Crippen molar-refractivity contribution in [2.24, 2.45) is 5.10 Å². The monoisotopic (exact) mass is 389 g/mol. The van der Waals surface area contributed by atoms with E-state index in [2.05, 4.69) is 15.8 Å². The minimum atomic E-state index is -0.322. The molecule has 2 aromatic rings. The van der Waals surface area contributed by atoms with Gasteiger partial charge >= 0.3 is 0 Å². The number of nitrogens with one attached hydrogen (secondary N) is 2. The summed E-state index contributed by atoms with van der Waals surface area (Å²) in [6, 6.07) is 9.98. The first-order chi connectivity index (χ1) is 11.0. The molecule has 2 N–H and O–H groups in total. The third-order valence-corrected chi connectivity index (χ3v) is 4.03. The van der Waals surface area contributed by atoms with Gasteiger partial charge in [-0.1, -0.05) is 52.5 Å². The molecule has 0 aromatic heterocycles. The number of amides is 1. The normalized spacial score (nSPS) is 10.8. The van der Waals surface area contributed by atoms with Gasteiger partial charge in [0, 0.05) is 16.3 Å². The Kier molecular flexibility index (Phi) is 6.54. The second kappa shape index (κ2) is 8.41. The predicted octanol–water partition coefficient (Wildman–Crippen LogP) is 4.86. The van der Waals surface area contributed by atoms with Gasteiger partial charge in [-0.2, -0.15) is 5.10 Å². The zero-order chi connectivity index (χ0) is 16.8. The molecular weight excluding hydrogens is 380 g/mol. The second-order valence-corrected chi connectivity index (χ2v) is 6.10. The van der Waals surface area contributed by atoms with E-state index in [4.69, 9.17) is 46.4 Å². The molecule has 0 saturated heterocycles. The highest BCUT2D eigenvalue weighted by molar-refractivity contribution is 6.42. The first-order valence-corrected chi connectivity index (χ1v) is 7.93. The molecule has 4 nitrogen and oxygen atoms in total. The number of hydrogen-bond acceptors (Lipinski definition) is 3. The second-order valence-electron chi connectivity index (χ2n) is 4.44. The minimum absolute atomic E-state index is 0.0314. The molecular formula is C15H11Cl4N3O. The van der Waals surface area contributed by atoms with Crippen LogP contribution in [0, 0.1) is 0 Å². The summed E-state index contributed by atoms with van der Waals surface area (Å²) in [6.45, 7) is 0.0314. The maximum absolute atomic E-state index is 11.7. The van der Waals surface area contributed by atoms with E-state index in [-0.39, 0.29) is 12.5 Å². The van der Waals surface area contributed by atoms with Gasteiger partial charge in [0.25, 0.3) is 5.91 Å². The molecule has 0 unspecified atom stereocenters. The number of rotatable bonds is 5. The van der Waals surface area contributed by atoms with E-state index >= 15 is 0 Å². The minimum Gasteiger partial charge on any atom is -0.376 e. The molecule has 120 valence electrons. The van der Waals surface area contributed by atoms with Gasteiger partial charge < -0.3 is 5.32 Å². The summed E-state index contributed by atoms with van der Waals surface area (Å²) in [4.78, 5) is 11.7. The summed E-state index contributed by atoms with van der Waals surface area (Å²) in [6.07, 6.45) is 1.44. The highest BCUT2D eigenvalue weighted by atomic mass is 35.5. The van der Waals surface area contributed by atoms with Gasteiger partial charge in [0.15, 0.2) is 0 Å². The zero-order valence-corrected chi connectivity index (χ0v) is 14.6. The standard InChI is InChI=1S/C15H11Cl4N3O/c16-10-2-1-9(13(18)5-10)7-21-22-15(23)8-20-11-3-4-12(17)14(19)6-11/h1-7,20H,8H2,(H,22,23)/b21-7+. The number of benzene rings is 2. The van der Waals surface area contributed by atoms with Crippen molar-refractivity contribution in [2.45, 2.75) is 0 Å². The van der Waals surface area contributed by atoms with E-state index in [0.29, 0.717) is 31.3 Å². The summed E-state index contributed by atoms with van der Waals surface area (Å²) >= 11 is 23.5. The number of nitrogens with zero attached hydrogens (tertiary/aromatic N) is 1. The van der Waals surface area contributed by atoms with Gasteiger partial charge in [-0.25, -0.2) is 5.43 Å². The molecule has 0 aliphatic carbocycles.